The summed E-state index contributed by atoms with van der Waals surface area (Å²) in [4.78, 5) is 14.3. The van der Waals surface area contributed by atoms with Crippen LogP contribution in [0.15, 0.2) is 0 Å². The van der Waals surface area contributed by atoms with E-state index in [4.69, 9.17) is 5.73 Å². The third-order valence-electron chi connectivity index (χ3n) is 3.83. The molecule has 0 spiro atoms. The zero-order chi connectivity index (χ0) is 13.5. The number of likely N-dealkylation sites (tertiary alicyclic amines) is 1. The Morgan fingerprint density at radius 1 is 1.39 bits per heavy atom. The fraction of sp³-hybridized carbons (Fsp3) is 0.929. The average Bonchev–Trinajstić information content (AvgIpc) is 2.37. The Hall–Kier alpha value is -0.610. The number of hydrogen-bond donors (Lipinski definition) is 2. The van der Waals surface area contributed by atoms with Crippen LogP contribution in [0.25, 0.3) is 0 Å². The highest BCUT2D eigenvalue weighted by Gasteiger charge is 2.21. The molecule has 1 fully saturated rings. The summed E-state index contributed by atoms with van der Waals surface area (Å²) >= 11 is 0. The van der Waals surface area contributed by atoms with Crippen LogP contribution >= 0.6 is 0 Å². The zero-order valence-electron chi connectivity index (χ0n) is 12.1. The first-order valence-electron chi connectivity index (χ1n) is 7.30. The minimum Gasteiger partial charge on any atom is -0.354 e. The number of rotatable bonds is 6. The van der Waals surface area contributed by atoms with E-state index in [1.165, 1.54) is 38.9 Å². The van der Waals surface area contributed by atoms with E-state index in [0.29, 0.717) is 5.92 Å². The molecule has 0 aromatic heterocycles. The first-order chi connectivity index (χ1) is 8.54. The number of nitrogens with zero attached hydrogens (tertiary/aromatic N) is 1. The van der Waals surface area contributed by atoms with Crippen molar-refractivity contribution in [2.75, 3.05) is 26.2 Å². The van der Waals surface area contributed by atoms with Gasteiger partial charge >= 0.3 is 0 Å². The van der Waals surface area contributed by atoms with Gasteiger partial charge in [0.15, 0.2) is 0 Å². The summed E-state index contributed by atoms with van der Waals surface area (Å²) in [6.07, 6.45) is 3.61. The molecule has 3 N–H and O–H groups in total. The predicted molar refractivity (Wildman–Crippen MR) is 75.3 cm³/mol. The number of carbonyl (C=O) groups excluding carboxylic acids is 1. The van der Waals surface area contributed by atoms with E-state index < -0.39 is 0 Å². The summed E-state index contributed by atoms with van der Waals surface area (Å²) in [5.74, 6) is 0.832. The van der Waals surface area contributed by atoms with Crippen molar-refractivity contribution < 1.29 is 4.79 Å². The maximum absolute atomic E-state index is 11.7. The van der Waals surface area contributed by atoms with Gasteiger partial charge in [-0.25, -0.2) is 0 Å². The maximum atomic E-state index is 11.7. The van der Waals surface area contributed by atoms with E-state index in [0.717, 1.165) is 6.54 Å². The fourth-order valence-corrected chi connectivity index (χ4v) is 2.40. The van der Waals surface area contributed by atoms with E-state index >= 15 is 0 Å². The molecule has 0 aromatic rings. The van der Waals surface area contributed by atoms with Crippen LogP contribution in [0.3, 0.4) is 0 Å². The van der Waals surface area contributed by atoms with Crippen molar-refractivity contribution in [2.45, 2.75) is 46.1 Å². The van der Waals surface area contributed by atoms with Crippen LogP contribution in [0.4, 0.5) is 0 Å². The van der Waals surface area contributed by atoms with Gasteiger partial charge in [-0.2, -0.15) is 0 Å². The lowest BCUT2D eigenvalue weighted by molar-refractivity contribution is -0.123. The van der Waals surface area contributed by atoms with Crippen molar-refractivity contribution >= 4 is 5.91 Å². The zero-order valence-corrected chi connectivity index (χ0v) is 12.1. The summed E-state index contributed by atoms with van der Waals surface area (Å²) < 4.78 is 0. The van der Waals surface area contributed by atoms with Gasteiger partial charge in [-0.15, -0.1) is 0 Å². The topological polar surface area (TPSA) is 58.4 Å². The molecule has 18 heavy (non-hydrogen) atoms. The Morgan fingerprint density at radius 2 is 2.00 bits per heavy atom. The maximum Gasteiger partial charge on any atom is 0.237 e. The lowest BCUT2D eigenvalue weighted by Crippen LogP contribution is -2.46. The highest BCUT2D eigenvalue weighted by molar-refractivity contribution is 5.81. The summed E-state index contributed by atoms with van der Waals surface area (Å²) in [7, 11) is 0. The molecule has 0 aromatic carbocycles. The lowest BCUT2D eigenvalue weighted by atomic mass is 9.96. The highest BCUT2D eigenvalue weighted by atomic mass is 16.2. The van der Waals surface area contributed by atoms with Gasteiger partial charge in [-0.3, -0.25) is 4.79 Å². The van der Waals surface area contributed by atoms with E-state index in [9.17, 15) is 4.79 Å². The van der Waals surface area contributed by atoms with Crippen molar-refractivity contribution in [3.63, 3.8) is 0 Å². The van der Waals surface area contributed by atoms with Crippen molar-refractivity contribution in [3.05, 3.63) is 0 Å². The SMILES string of the molecule is CCCN1CCC(CNC(=O)[C@@H](N)C(C)C)CC1. The van der Waals surface area contributed by atoms with Crippen LogP contribution in [-0.2, 0) is 4.79 Å². The highest BCUT2D eigenvalue weighted by Crippen LogP contribution is 2.16. The summed E-state index contributed by atoms with van der Waals surface area (Å²) in [6, 6.07) is -0.370. The molecule has 0 saturated carbocycles. The van der Waals surface area contributed by atoms with Gasteiger partial charge in [-0.1, -0.05) is 20.8 Å². The van der Waals surface area contributed by atoms with Gasteiger partial charge < -0.3 is 16.0 Å². The van der Waals surface area contributed by atoms with Gasteiger partial charge in [0.1, 0.15) is 0 Å². The van der Waals surface area contributed by atoms with Crippen LogP contribution in [0.1, 0.15) is 40.0 Å². The van der Waals surface area contributed by atoms with Crippen LogP contribution in [-0.4, -0.2) is 43.0 Å². The third-order valence-corrected chi connectivity index (χ3v) is 3.83. The molecular weight excluding hydrogens is 226 g/mol. The monoisotopic (exact) mass is 255 g/mol. The van der Waals surface area contributed by atoms with Crippen LogP contribution in [0, 0.1) is 11.8 Å². The Labute approximate surface area is 111 Å². The number of hydrogen-bond acceptors (Lipinski definition) is 3. The molecule has 106 valence electrons. The standard InChI is InChI=1S/C14H29N3O/c1-4-7-17-8-5-12(6-9-17)10-16-14(18)13(15)11(2)3/h11-13H,4-10,15H2,1-3H3,(H,16,18)/t13-/m0/s1. The molecule has 0 aliphatic carbocycles. The molecule has 0 unspecified atom stereocenters. The predicted octanol–water partition coefficient (Wildman–Crippen LogP) is 1.21. The molecule has 1 rings (SSSR count). The molecule has 1 aliphatic rings. The third kappa shape index (κ3) is 4.94. The van der Waals surface area contributed by atoms with E-state index in [1.54, 1.807) is 0 Å². The van der Waals surface area contributed by atoms with Gasteiger partial charge in [-0.05, 0) is 50.7 Å². The van der Waals surface area contributed by atoms with Gasteiger partial charge in [0.05, 0.1) is 6.04 Å². The van der Waals surface area contributed by atoms with Gasteiger partial charge in [0.2, 0.25) is 5.91 Å². The van der Waals surface area contributed by atoms with E-state index in [-0.39, 0.29) is 17.9 Å². The van der Waals surface area contributed by atoms with Crippen molar-refractivity contribution in [3.8, 4) is 0 Å². The van der Waals surface area contributed by atoms with Crippen LogP contribution < -0.4 is 11.1 Å². The second-order valence-electron chi connectivity index (χ2n) is 5.80. The van der Waals surface area contributed by atoms with E-state index in [2.05, 4.69) is 17.1 Å². The molecule has 1 atom stereocenters. The number of nitrogens with one attached hydrogen (secondary N) is 1. The second-order valence-corrected chi connectivity index (χ2v) is 5.80. The van der Waals surface area contributed by atoms with Gasteiger partial charge in [0.25, 0.3) is 0 Å². The van der Waals surface area contributed by atoms with Crippen molar-refractivity contribution in [1.82, 2.24) is 10.2 Å². The molecule has 4 heteroatoms. The molecule has 4 nitrogen and oxygen atoms in total. The van der Waals surface area contributed by atoms with Crippen LogP contribution in [0.5, 0.6) is 0 Å². The Balaban J connectivity index is 2.19. The fourth-order valence-electron chi connectivity index (χ4n) is 2.40. The van der Waals surface area contributed by atoms with Crippen molar-refractivity contribution in [2.24, 2.45) is 17.6 Å². The minimum absolute atomic E-state index is 0.000915. The molecular formula is C14H29N3O. The number of piperidine rings is 1. The Bertz CT molecular complexity index is 247. The quantitative estimate of drug-likeness (QED) is 0.750. The minimum atomic E-state index is -0.370. The Morgan fingerprint density at radius 3 is 2.50 bits per heavy atom. The Kier molecular flexibility index (Phi) is 6.65. The first-order valence-corrected chi connectivity index (χ1v) is 7.30. The number of carbonyl (C=O) groups is 1. The number of nitrogens with two attached hydrogens (primary N) is 1. The largest absolute Gasteiger partial charge is 0.354 e. The van der Waals surface area contributed by atoms with Crippen molar-refractivity contribution in [1.29, 1.82) is 0 Å². The molecule has 0 radical (unpaired) electrons. The van der Waals surface area contributed by atoms with Crippen LogP contribution in [0.2, 0.25) is 0 Å². The average molecular weight is 255 g/mol. The smallest absolute Gasteiger partial charge is 0.237 e. The normalized spacial score (nSPS) is 20.1. The molecule has 1 saturated heterocycles. The molecule has 1 aliphatic heterocycles. The summed E-state index contributed by atoms with van der Waals surface area (Å²) in [6.45, 7) is 10.5. The van der Waals surface area contributed by atoms with Gasteiger partial charge in [0, 0.05) is 6.54 Å². The second kappa shape index (κ2) is 7.74. The molecule has 1 heterocycles. The summed E-state index contributed by atoms with van der Waals surface area (Å²) in [5.41, 5.74) is 5.82. The molecule has 0 bridgehead atoms. The number of amides is 1. The summed E-state index contributed by atoms with van der Waals surface area (Å²) in [5, 5.41) is 3.00. The first kappa shape index (κ1) is 15.4. The van der Waals surface area contributed by atoms with E-state index in [1.807, 2.05) is 13.8 Å². The lowest BCUT2D eigenvalue weighted by Gasteiger charge is -2.32. The molecule has 1 amide bonds.